The number of carbonyl (C=O) groups is 2. The third kappa shape index (κ3) is 4.36. The van der Waals surface area contributed by atoms with Crippen LogP contribution in [0.1, 0.15) is 30.1 Å². The van der Waals surface area contributed by atoms with Crippen molar-refractivity contribution in [2.75, 3.05) is 23.3 Å². The number of fused-ring (bicyclic) bond motifs is 1. The molecule has 1 aliphatic heterocycles. The van der Waals surface area contributed by atoms with Crippen LogP contribution in [0.4, 0.5) is 11.6 Å². The van der Waals surface area contributed by atoms with Crippen LogP contribution in [-0.2, 0) is 9.53 Å². The van der Waals surface area contributed by atoms with Crippen molar-refractivity contribution >= 4 is 46.0 Å². The Labute approximate surface area is 179 Å². The maximum Gasteiger partial charge on any atom is 0.342 e. The molecule has 0 aliphatic carbocycles. The van der Waals surface area contributed by atoms with Gasteiger partial charge in [0.1, 0.15) is 17.2 Å². The predicted molar refractivity (Wildman–Crippen MR) is 116 cm³/mol. The van der Waals surface area contributed by atoms with Crippen LogP contribution in [0, 0.1) is 0 Å². The van der Waals surface area contributed by atoms with E-state index in [1.165, 1.54) is 13.1 Å². The third-order valence-electron chi connectivity index (χ3n) is 4.96. The summed E-state index contributed by atoms with van der Waals surface area (Å²) in [6, 6.07) is 12.6. The van der Waals surface area contributed by atoms with Crippen LogP contribution >= 0.6 is 11.6 Å². The monoisotopic (exact) mass is 424 g/mol. The van der Waals surface area contributed by atoms with Gasteiger partial charge in [0.25, 0.3) is 5.91 Å². The molecule has 0 spiro atoms. The first-order chi connectivity index (χ1) is 14.5. The number of rotatable bonds is 5. The highest BCUT2D eigenvalue weighted by atomic mass is 35.5. The van der Waals surface area contributed by atoms with Crippen LogP contribution in [0.25, 0.3) is 10.9 Å². The number of benzene rings is 1. The highest BCUT2D eigenvalue weighted by Crippen LogP contribution is 2.27. The third-order valence-corrected chi connectivity index (χ3v) is 5.18. The lowest BCUT2D eigenvalue weighted by Crippen LogP contribution is -2.31. The van der Waals surface area contributed by atoms with E-state index in [-0.39, 0.29) is 0 Å². The second-order valence-electron chi connectivity index (χ2n) is 7.14. The van der Waals surface area contributed by atoms with E-state index in [0.29, 0.717) is 22.2 Å². The summed E-state index contributed by atoms with van der Waals surface area (Å²) in [7, 11) is 0. The molecule has 3 heterocycles. The largest absolute Gasteiger partial charge is 0.449 e. The van der Waals surface area contributed by atoms with Crippen molar-refractivity contribution in [1.29, 1.82) is 0 Å². The Morgan fingerprint density at radius 3 is 2.67 bits per heavy atom. The fourth-order valence-electron chi connectivity index (χ4n) is 3.38. The van der Waals surface area contributed by atoms with Crippen LogP contribution in [0.3, 0.4) is 0 Å². The number of halogens is 1. The smallest absolute Gasteiger partial charge is 0.342 e. The molecule has 1 N–H and O–H groups in total. The second kappa shape index (κ2) is 8.67. The molecule has 1 aromatic carbocycles. The fraction of sp³-hybridized carbons (Fsp3) is 0.273. The number of amides is 1. The number of esters is 1. The van der Waals surface area contributed by atoms with Crippen LogP contribution in [0.5, 0.6) is 0 Å². The molecule has 1 atom stereocenters. The maximum absolute atomic E-state index is 13.0. The summed E-state index contributed by atoms with van der Waals surface area (Å²) in [5.41, 5.74) is 1.18. The van der Waals surface area contributed by atoms with Gasteiger partial charge in [0.15, 0.2) is 6.10 Å². The zero-order chi connectivity index (χ0) is 21.1. The van der Waals surface area contributed by atoms with Crippen molar-refractivity contribution in [3.05, 3.63) is 59.2 Å². The molecule has 0 radical (unpaired) electrons. The minimum atomic E-state index is -1.01. The summed E-state index contributed by atoms with van der Waals surface area (Å²) in [6.07, 6.45) is 2.52. The first kappa shape index (κ1) is 20.1. The van der Waals surface area contributed by atoms with E-state index in [1.807, 2.05) is 24.3 Å². The number of anilines is 2. The number of hydrogen-bond donors (Lipinski definition) is 1. The predicted octanol–water partition coefficient (Wildman–Crippen LogP) is 4.07. The standard InChI is InChI=1S/C22H21ClN4O3/c1-14(21(28)26-19-9-8-16(23)13-24-19)30-22(29)17-12-15-6-2-3-7-18(15)25-20(17)27-10-4-5-11-27/h2-3,6-9,12-14H,4-5,10-11H2,1H3,(H,24,26,28). The maximum atomic E-state index is 13.0. The van der Waals surface area contributed by atoms with Gasteiger partial charge in [-0.15, -0.1) is 0 Å². The van der Waals surface area contributed by atoms with E-state index >= 15 is 0 Å². The molecule has 1 aliphatic rings. The normalized spacial score (nSPS) is 14.5. The summed E-state index contributed by atoms with van der Waals surface area (Å²) in [4.78, 5) is 36.2. The summed E-state index contributed by atoms with van der Waals surface area (Å²) in [5.74, 6) is -0.128. The molecule has 7 nitrogen and oxygen atoms in total. The number of carbonyl (C=O) groups excluding carboxylic acids is 2. The molecule has 3 aromatic rings. The number of nitrogens with zero attached hydrogens (tertiary/aromatic N) is 3. The van der Waals surface area contributed by atoms with Gasteiger partial charge >= 0.3 is 5.97 Å². The van der Waals surface area contributed by atoms with Gasteiger partial charge < -0.3 is 15.0 Å². The SMILES string of the molecule is CC(OC(=O)c1cc2ccccc2nc1N1CCCC1)C(=O)Nc1ccc(Cl)cn1. The van der Waals surface area contributed by atoms with Gasteiger partial charge in [-0.25, -0.2) is 14.8 Å². The summed E-state index contributed by atoms with van der Waals surface area (Å²) >= 11 is 5.80. The number of ether oxygens (including phenoxy) is 1. The van der Waals surface area contributed by atoms with Gasteiger partial charge in [-0.05, 0) is 44.0 Å². The summed E-state index contributed by atoms with van der Waals surface area (Å²) in [5, 5.41) is 3.92. The van der Waals surface area contributed by atoms with Crippen molar-refractivity contribution in [2.24, 2.45) is 0 Å². The Bertz CT molecular complexity index is 1080. The molecule has 1 saturated heterocycles. The Balaban J connectivity index is 1.55. The van der Waals surface area contributed by atoms with E-state index in [0.717, 1.165) is 36.8 Å². The molecule has 2 aromatic heterocycles. The quantitative estimate of drug-likeness (QED) is 0.621. The Kier molecular flexibility index (Phi) is 5.81. The lowest BCUT2D eigenvalue weighted by atomic mass is 10.1. The minimum absolute atomic E-state index is 0.331. The topological polar surface area (TPSA) is 84.4 Å². The molecular formula is C22H21ClN4O3. The first-order valence-electron chi connectivity index (χ1n) is 9.79. The fourth-order valence-corrected chi connectivity index (χ4v) is 3.49. The molecule has 4 rings (SSSR count). The highest BCUT2D eigenvalue weighted by Gasteiger charge is 2.26. The average Bonchev–Trinajstić information content (AvgIpc) is 3.29. The Morgan fingerprint density at radius 1 is 1.17 bits per heavy atom. The molecular weight excluding hydrogens is 404 g/mol. The van der Waals surface area contributed by atoms with Crippen LogP contribution < -0.4 is 10.2 Å². The molecule has 1 fully saturated rings. The van der Waals surface area contributed by atoms with Crippen molar-refractivity contribution in [3.63, 3.8) is 0 Å². The number of pyridine rings is 2. The molecule has 0 saturated carbocycles. The number of aromatic nitrogens is 2. The minimum Gasteiger partial charge on any atom is -0.449 e. The average molecular weight is 425 g/mol. The van der Waals surface area contributed by atoms with Gasteiger partial charge in [0.2, 0.25) is 0 Å². The summed E-state index contributed by atoms with van der Waals surface area (Å²) < 4.78 is 5.47. The van der Waals surface area contributed by atoms with E-state index in [2.05, 4.69) is 15.2 Å². The Morgan fingerprint density at radius 2 is 1.93 bits per heavy atom. The zero-order valence-electron chi connectivity index (χ0n) is 16.5. The van der Waals surface area contributed by atoms with Crippen molar-refractivity contribution in [2.45, 2.75) is 25.9 Å². The number of hydrogen-bond acceptors (Lipinski definition) is 6. The van der Waals surface area contributed by atoms with E-state index in [4.69, 9.17) is 21.3 Å². The van der Waals surface area contributed by atoms with Crippen LogP contribution in [-0.4, -0.2) is 41.0 Å². The Hall–Kier alpha value is -3.19. The molecule has 1 amide bonds. The van der Waals surface area contributed by atoms with Gasteiger partial charge in [0, 0.05) is 24.7 Å². The van der Waals surface area contributed by atoms with Gasteiger partial charge in [0.05, 0.1) is 10.5 Å². The van der Waals surface area contributed by atoms with Crippen molar-refractivity contribution < 1.29 is 14.3 Å². The first-order valence-corrected chi connectivity index (χ1v) is 10.2. The van der Waals surface area contributed by atoms with E-state index in [9.17, 15) is 9.59 Å². The van der Waals surface area contributed by atoms with Crippen LogP contribution in [0.15, 0.2) is 48.7 Å². The van der Waals surface area contributed by atoms with Gasteiger partial charge in [-0.1, -0.05) is 29.8 Å². The molecule has 154 valence electrons. The number of nitrogens with one attached hydrogen (secondary N) is 1. The van der Waals surface area contributed by atoms with Crippen LogP contribution in [0.2, 0.25) is 5.02 Å². The van der Waals surface area contributed by atoms with Gasteiger partial charge in [-0.3, -0.25) is 4.79 Å². The van der Waals surface area contributed by atoms with E-state index in [1.54, 1.807) is 18.2 Å². The molecule has 0 bridgehead atoms. The molecule has 1 unspecified atom stereocenters. The van der Waals surface area contributed by atoms with Gasteiger partial charge in [-0.2, -0.15) is 0 Å². The molecule has 8 heteroatoms. The van der Waals surface area contributed by atoms with Crippen molar-refractivity contribution in [1.82, 2.24) is 9.97 Å². The lowest BCUT2D eigenvalue weighted by Gasteiger charge is -2.21. The molecule has 30 heavy (non-hydrogen) atoms. The zero-order valence-corrected chi connectivity index (χ0v) is 17.2. The second-order valence-corrected chi connectivity index (χ2v) is 7.58. The van der Waals surface area contributed by atoms with Crippen molar-refractivity contribution in [3.8, 4) is 0 Å². The van der Waals surface area contributed by atoms with E-state index < -0.39 is 18.0 Å². The number of para-hydroxylation sites is 1. The summed E-state index contributed by atoms with van der Waals surface area (Å²) in [6.45, 7) is 3.20. The lowest BCUT2D eigenvalue weighted by molar-refractivity contribution is -0.123. The highest BCUT2D eigenvalue weighted by molar-refractivity contribution is 6.30.